The number of nitrogens with one attached hydrogen (secondary N) is 1. The summed E-state index contributed by atoms with van der Waals surface area (Å²) < 4.78 is 0. The molecule has 1 atom stereocenters. The van der Waals surface area contributed by atoms with E-state index >= 15 is 0 Å². The number of carbonyl (C=O) groups is 2. The van der Waals surface area contributed by atoms with Crippen LogP contribution >= 0.6 is 23.2 Å². The second-order valence-electron chi connectivity index (χ2n) is 5.54. The summed E-state index contributed by atoms with van der Waals surface area (Å²) in [5, 5.41) is 3.27. The Bertz CT molecular complexity index is 871. The maximum atomic E-state index is 12.8. The molecular formula is C14H13Cl2N7O2. The summed E-state index contributed by atoms with van der Waals surface area (Å²) in [6, 6.07) is 4.11. The van der Waals surface area contributed by atoms with Crippen LogP contribution in [0, 0.1) is 0 Å². The molecule has 5 N–H and O–H groups in total. The van der Waals surface area contributed by atoms with Crippen LogP contribution in [-0.2, 0) is 16.9 Å². The fourth-order valence-electron chi connectivity index (χ4n) is 2.51. The molecule has 25 heavy (non-hydrogen) atoms. The van der Waals surface area contributed by atoms with Gasteiger partial charge in [-0.2, -0.15) is 15.0 Å². The van der Waals surface area contributed by atoms with Crippen LogP contribution in [0.15, 0.2) is 18.2 Å². The van der Waals surface area contributed by atoms with Crippen LogP contribution in [0.4, 0.5) is 16.7 Å². The minimum Gasteiger partial charge on any atom is -0.368 e. The predicted octanol–water partition coefficient (Wildman–Crippen LogP) is 1.31. The molecule has 0 saturated carbocycles. The molecule has 11 heteroatoms. The van der Waals surface area contributed by atoms with Gasteiger partial charge in [0.25, 0.3) is 5.91 Å². The lowest BCUT2D eigenvalue weighted by atomic mass is 9.92. The third-order valence-corrected chi connectivity index (χ3v) is 4.53. The lowest BCUT2D eigenvalue weighted by Gasteiger charge is -2.22. The highest BCUT2D eigenvalue weighted by Crippen LogP contribution is 2.33. The molecule has 9 nitrogen and oxygen atoms in total. The fourth-order valence-corrected chi connectivity index (χ4v) is 2.81. The number of amides is 3. The Hall–Kier alpha value is -2.65. The van der Waals surface area contributed by atoms with Crippen LogP contribution in [0.2, 0.25) is 10.0 Å². The second kappa shape index (κ2) is 6.01. The van der Waals surface area contributed by atoms with Crippen molar-refractivity contribution >= 4 is 47.0 Å². The Morgan fingerprint density at radius 2 is 1.76 bits per heavy atom. The van der Waals surface area contributed by atoms with E-state index in [0.29, 0.717) is 10.6 Å². The third kappa shape index (κ3) is 3.03. The number of rotatable bonds is 3. The molecule has 0 spiro atoms. The topological polar surface area (TPSA) is 140 Å². The highest BCUT2D eigenvalue weighted by molar-refractivity contribution is 6.42. The molecule has 130 valence electrons. The van der Waals surface area contributed by atoms with Crippen molar-refractivity contribution in [1.29, 1.82) is 0 Å². The van der Waals surface area contributed by atoms with Crippen molar-refractivity contribution in [2.45, 2.75) is 19.0 Å². The Labute approximate surface area is 152 Å². The Morgan fingerprint density at radius 1 is 1.12 bits per heavy atom. The molecule has 1 saturated heterocycles. The minimum atomic E-state index is -1.30. The van der Waals surface area contributed by atoms with E-state index in [1.165, 1.54) is 6.07 Å². The molecule has 1 aromatic carbocycles. The van der Waals surface area contributed by atoms with Crippen LogP contribution < -0.4 is 16.8 Å². The molecule has 1 aromatic heterocycles. The Balaban J connectivity index is 1.92. The monoisotopic (exact) mass is 381 g/mol. The molecule has 1 aliphatic rings. The zero-order valence-corrected chi connectivity index (χ0v) is 14.5. The largest absolute Gasteiger partial charge is 0.368 e. The van der Waals surface area contributed by atoms with E-state index in [2.05, 4.69) is 20.3 Å². The molecule has 0 bridgehead atoms. The number of benzene rings is 1. The number of nitrogen functional groups attached to an aromatic ring is 2. The number of hydrogen-bond acceptors (Lipinski definition) is 7. The molecule has 0 aliphatic carbocycles. The summed E-state index contributed by atoms with van der Waals surface area (Å²) in [6.07, 6.45) is 0. The smallest absolute Gasteiger partial charge is 0.325 e. The van der Waals surface area contributed by atoms with E-state index in [9.17, 15) is 9.59 Å². The van der Waals surface area contributed by atoms with Gasteiger partial charge < -0.3 is 16.8 Å². The number of carbonyl (C=O) groups excluding carboxylic acids is 2. The van der Waals surface area contributed by atoms with Crippen LogP contribution in [0.25, 0.3) is 0 Å². The summed E-state index contributed by atoms with van der Waals surface area (Å²) in [7, 11) is 0. The van der Waals surface area contributed by atoms with Gasteiger partial charge in [0.1, 0.15) is 5.54 Å². The van der Waals surface area contributed by atoms with Crippen LogP contribution in [0.5, 0.6) is 0 Å². The van der Waals surface area contributed by atoms with Crippen LogP contribution in [0.1, 0.15) is 18.3 Å². The molecule has 1 aliphatic heterocycles. The van der Waals surface area contributed by atoms with Crippen molar-refractivity contribution < 1.29 is 9.59 Å². The first-order valence-electron chi connectivity index (χ1n) is 7.06. The van der Waals surface area contributed by atoms with E-state index in [4.69, 9.17) is 34.7 Å². The number of nitrogens with zero attached hydrogens (tertiary/aromatic N) is 4. The minimum absolute atomic E-state index is 0.0956. The van der Waals surface area contributed by atoms with Crippen molar-refractivity contribution in [2.24, 2.45) is 0 Å². The van der Waals surface area contributed by atoms with Gasteiger partial charge in [0.15, 0.2) is 5.82 Å². The van der Waals surface area contributed by atoms with E-state index in [1.807, 2.05) is 0 Å². The summed E-state index contributed by atoms with van der Waals surface area (Å²) in [4.78, 5) is 37.5. The molecule has 1 fully saturated rings. The maximum Gasteiger partial charge on any atom is 0.325 e. The van der Waals surface area contributed by atoms with Gasteiger partial charge in [-0.15, -0.1) is 0 Å². The third-order valence-electron chi connectivity index (χ3n) is 3.79. The lowest BCUT2D eigenvalue weighted by molar-refractivity contribution is -0.131. The first kappa shape index (κ1) is 17.2. The standard InChI is InChI=1S/C14H13Cl2N7O2/c1-14(6-2-3-7(15)8(16)4-6)10(24)23(13(25)22-14)5-9-19-11(17)21-12(18)20-9/h2-4H,5H2,1H3,(H,22,25)(H4,17,18,19,20,21). The summed E-state index contributed by atoms with van der Waals surface area (Å²) in [6.45, 7) is 1.38. The summed E-state index contributed by atoms with van der Waals surface area (Å²) in [5.74, 6) is -0.580. The number of urea groups is 1. The number of aromatic nitrogens is 3. The molecule has 1 unspecified atom stereocenters. The summed E-state index contributed by atoms with van der Waals surface area (Å²) >= 11 is 11.9. The average Bonchev–Trinajstić information content (AvgIpc) is 2.73. The van der Waals surface area contributed by atoms with E-state index in [1.54, 1.807) is 19.1 Å². The lowest BCUT2D eigenvalue weighted by Crippen LogP contribution is -2.40. The number of halogens is 2. The first-order valence-corrected chi connectivity index (χ1v) is 7.82. The van der Waals surface area contributed by atoms with Gasteiger partial charge in [0.05, 0.1) is 16.6 Å². The molecule has 2 heterocycles. The normalized spacial score (nSPS) is 20.0. The van der Waals surface area contributed by atoms with Crippen molar-refractivity contribution in [2.75, 3.05) is 11.5 Å². The van der Waals surface area contributed by atoms with Gasteiger partial charge in [0.2, 0.25) is 11.9 Å². The average molecular weight is 382 g/mol. The Kier molecular flexibility index (Phi) is 4.13. The molecule has 3 rings (SSSR count). The van der Waals surface area contributed by atoms with Crippen molar-refractivity contribution in [3.63, 3.8) is 0 Å². The maximum absolute atomic E-state index is 12.8. The Morgan fingerprint density at radius 3 is 2.36 bits per heavy atom. The molecule has 0 radical (unpaired) electrons. The SMILES string of the molecule is CC1(c2ccc(Cl)c(Cl)c2)NC(=O)N(Cc2nc(N)nc(N)n2)C1=O. The zero-order chi connectivity index (χ0) is 18.4. The molecule has 3 amide bonds. The highest BCUT2D eigenvalue weighted by Gasteiger charge is 2.49. The second-order valence-corrected chi connectivity index (χ2v) is 6.36. The molecule has 2 aromatic rings. The quantitative estimate of drug-likeness (QED) is 0.680. The van der Waals surface area contributed by atoms with Gasteiger partial charge in [-0.25, -0.2) is 4.79 Å². The highest BCUT2D eigenvalue weighted by atomic mass is 35.5. The fraction of sp³-hybridized carbons (Fsp3) is 0.214. The van der Waals surface area contributed by atoms with Crippen molar-refractivity contribution in [1.82, 2.24) is 25.2 Å². The van der Waals surface area contributed by atoms with Gasteiger partial charge in [-0.1, -0.05) is 29.3 Å². The van der Waals surface area contributed by atoms with Crippen molar-refractivity contribution in [3.8, 4) is 0 Å². The van der Waals surface area contributed by atoms with Crippen LogP contribution in [0.3, 0.4) is 0 Å². The van der Waals surface area contributed by atoms with Gasteiger partial charge >= 0.3 is 6.03 Å². The number of nitrogens with two attached hydrogens (primary N) is 2. The number of anilines is 2. The van der Waals surface area contributed by atoms with Crippen LogP contribution in [-0.4, -0.2) is 31.8 Å². The van der Waals surface area contributed by atoms with E-state index in [-0.39, 0.29) is 29.3 Å². The van der Waals surface area contributed by atoms with Gasteiger partial charge in [-0.3, -0.25) is 9.69 Å². The zero-order valence-electron chi connectivity index (χ0n) is 13.0. The predicted molar refractivity (Wildman–Crippen MR) is 91.5 cm³/mol. The van der Waals surface area contributed by atoms with E-state index in [0.717, 1.165) is 4.90 Å². The van der Waals surface area contributed by atoms with E-state index < -0.39 is 17.5 Å². The number of hydrogen-bond donors (Lipinski definition) is 3. The van der Waals surface area contributed by atoms with Gasteiger partial charge in [0, 0.05) is 0 Å². The first-order chi connectivity index (χ1) is 11.7. The summed E-state index contributed by atoms with van der Waals surface area (Å²) in [5.41, 5.74) is 10.2. The van der Waals surface area contributed by atoms with Crippen molar-refractivity contribution in [3.05, 3.63) is 39.6 Å². The molecular weight excluding hydrogens is 369 g/mol. The number of imide groups is 1. The van der Waals surface area contributed by atoms with Gasteiger partial charge in [-0.05, 0) is 24.6 Å².